The van der Waals surface area contributed by atoms with Crippen LogP contribution in [0.5, 0.6) is 5.75 Å². The third kappa shape index (κ3) is 3.61. The van der Waals surface area contributed by atoms with Crippen LogP contribution >= 0.6 is 0 Å². The summed E-state index contributed by atoms with van der Waals surface area (Å²) in [7, 11) is 0. The summed E-state index contributed by atoms with van der Waals surface area (Å²) in [5.41, 5.74) is 2.21. The molecule has 2 nitrogen and oxygen atoms in total. The van der Waals surface area contributed by atoms with Crippen molar-refractivity contribution in [3.05, 3.63) is 65.7 Å². The topological polar surface area (TPSA) is 21.3 Å². The van der Waals surface area contributed by atoms with Crippen LogP contribution < -0.4 is 10.1 Å². The smallest absolute Gasteiger partial charge is 0.119 e. The summed E-state index contributed by atoms with van der Waals surface area (Å²) in [6.45, 7) is 1.90. The lowest BCUT2D eigenvalue weighted by molar-refractivity contribution is 0.231. The lowest BCUT2D eigenvalue weighted by Gasteiger charge is -2.27. The van der Waals surface area contributed by atoms with Gasteiger partial charge in [-0.2, -0.15) is 0 Å². The first kappa shape index (κ1) is 14.1. The molecule has 1 N–H and O–H groups in total. The van der Waals surface area contributed by atoms with Crippen molar-refractivity contribution in [3.63, 3.8) is 0 Å². The summed E-state index contributed by atoms with van der Waals surface area (Å²) in [6.07, 6.45) is 0.0561. The fourth-order valence-corrected chi connectivity index (χ4v) is 2.75. The number of halogens is 1. The van der Waals surface area contributed by atoms with Gasteiger partial charge in [-0.05, 0) is 36.2 Å². The average molecular weight is 285 g/mol. The van der Waals surface area contributed by atoms with Crippen molar-refractivity contribution in [2.45, 2.75) is 25.1 Å². The van der Waals surface area contributed by atoms with Crippen LogP contribution in [0.2, 0.25) is 0 Å². The minimum Gasteiger partial charge on any atom is -0.489 e. The Hall–Kier alpha value is -1.87. The molecule has 0 spiro atoms. The van der Waals surface area contributed by atoms with E-state index < -0.39 is 6.17 Å². The van der Waals surface area contributed by atoms with E-state index >= 15 is 0 Å². The molecule has 1 aliphatic heterocycles. The van der Waals surface area contributed by atoms with Gasteiger partial charge in [-0.25, -0.2) is 4.39 Å². The second-order valence-electron chi connectivity index (χ2n) is 5.46. The molecule has 1 heterocycles. The highest BCUT2D eigenvalue weighted by atomic mass is 19.1. The Bertz CT molecular complexity index is 555. The summed E-state index contributed by atoms with van der Waals surface area (Å²) in [5.74, 6) is 0.835. The summed E-state index contributed by atoms with van der Waals surface area (Å²) >= 11 is 0. The second kappa shape index (κ2) is 6.72. The summed E-state index contributed by atoms with van der Waals surface area (Å²) in [4.78, 5) is 0. The van der Waals surface area contributed by atoms with Crippen LogP contribution in [0.25, 0.3) is 0 Å². The van der Waals surface area contributed by atoms with E-state index in [-0.39, 0.29) is 5.92 Å². The van der Waals surface area contributed by atoms with E-state index in [0.29, 0.717) is 13.2 Å². The summed E-state index contributed by atoms with van der Waals surface area (Å²) < 4.78 is 19.7. The number of rotatable bonds is 4. The number of piperidine rings is 1. The predicted octanol–water partition coefficient (Wildman–Crippen LogP) is 3.68. The van der Waals surface area contributed by atoms with Crippen molar-refractivity contribution in [1.82, 2.24) is 5.32 Å². The predicted molar refractivity (Wildman–Crippen MR) is 82.3 cm³/mol. The van der Waals surface area contributed by atoms with Crippen molar-refractivity contribution >= 4 is 0 Å². The maximum Gasteiger partial charge on any atom is 0.119 e. The first-order valence-electron chi connectivity index (χ1n) is 7.44. The number of benzene rings is 2. The molecule has 1 aliphatic rings. The van der Waals surface area contributed by atoms with E-state index in [2.05, 4.69) is 5.32 Å². The van der Waals surface area contributed by atoms with Crippen LogP contribution in [0, 0.1) is 0 Å². The normalized spacial score (nSPS) is 22.0. The van der Waals surface area contributed by atoms with Crippen LogP contribution in [0.15, 0.2) is 54.6 Å². The molecular weight excluding hydrogens is 265 g/mol. The molecule has 0 radical (unpaired) electrons. The standard InChI is InChI=1S/C18H20FNO/c19-18-12-20-11-10-17(18)15-6-8-16(9-7-15)21-13-14-4-2-1-3-5-14/h1-9,17-18,20H,10-13H2/t17?,18-/m1/s1. The fourth-order valence-electron chi connectivity index (χ4n) is 2.75. The molecule has 21 heavy (non-hydrogen) atoms. The number of hydrogen-bond donors (Lipinski definition) is 1. The van der Waals surface area contributed by atoms with Gasteiger partial charge in [-0.15, -0.1) is 0 Å². The van der Waals surface area contributed by atoms with Crippen LogP contribution in [-0.2, 0) is 6.61 Å². The largest absolute Gasteiger partial charge is 0.489 e. The third-order valence-corrected chi connectivity index (χ3v) is 3.96. The van der Waals surface area contributed by atoms with E-state index in [1.165, 1.54) is 0 Å². The molecule has 110 valence electrons. The molecule has 3 heteroatoms. The highest BCUT2D eigenvalue weighted by Crippen LogP contribution is 2.29. The Morgan fingerprint density at radius 1 is 1.05 bits per heavy atom. The fraction of sp³-hybridized carbons (Fsp3) is 0.333. The quantitative estimate of drug-likeness (QED) is 0.925. The van der Waals surface area contributed by atoms with Gasteiger partial charge in [0.25, 0.3) is 0 Å². The Labute approximate surface area is 125 Å². The lowest BCUT2D eigenvalue weighted by Crippen LogP contribution is -2.36. The van der Waals surface area contributed by atoms with Gasteiger partial charge in [0.15, 0.2) is 0 Å². The van der Waals surface area contributed by atoms with E-state index in [1.807, 2.05) is 54.6 Å². The van der Waals surface area contributed by atoms with Gasteiger partial charge in [0.1, 0.15) is 18.5 Å². The van der Waals surface area contributed by atoms with E-state index in [4.69, 9.17) is 4.74 Å². The van der Waals surface area contributed by atoms with Crippen LogP contribution in [-0.4, -0.2) is 19.3 Å². The van der Waals surface area contributed by atoms with Gasteiger partial charge in [-0.1, -0.05) is 42.5 Å². The van der Waals surface area contributed by atoms with Gasteiger partial charge < -0.3 is 10.1 Å². The van der Waals surface area contributed by atoms with Crippen molar-refractivity contribution in [2.75, 3.05) is 13.1 Å². The average Bonchev–Trinajstić information content (AvgIpc) is 2.55. The Morgan fingerprint density at radius 2 is 1.81 bits per heavy atom. The summed E-state index contributed by atoms with van der Waals surface area (Å²) in [5, 5.41) is 3.08. The maximum absolute atomic E-state index is 13.9. The minimum absolute atomic E-state index is 0.00873. The molecule has 2 atom stereocenters. The van der Waals surface area contributed by atoms with Crippen molar-refractivity contribution < 1.29 is 9.13 Å². The summed E-state index contributed by atoms with van der Waals surface area (Å²) in [6, 6.07) is 17.9. The van der Waals surface area contributed by atoms with Crippen LogP contribution in [0.3, 0.4) is 0 Å². The molecule has 0 saturated carbocycles. The Kier molecular flexibility index (Phi) is 4.51. The van der Waals surface area contributed by atoms with E-state index in [9.17, 15) is 4.39 Å². The van der Waals surface area contributed by atoms with Gasteiger partial charge in [-0.3, -0.25) is 0 Å². The highest BCUT2D eigenvalue weighted by Gasteiger charge is 2.25. The van der Waals surface area contributed by atoms with Gasteiger partial charge in [0.2, 0.25) is 0 Å². The lowest BCUT2D eigenvalue weighted by atomic mass is 9.89. The van der Waals surface area contributed by atoms with Crippen LogP contribution in [0.4, 0.5) is 4.39 Å². The first-order valence-corrected chi connectivity index (χ1v) is 7.44. The zero-order chi connectivity index (χ0) is 14.5. The molecule has 0 amide bonds. The van der Waals surface area contributed by atoms with Gasteiger partial charge in [0.05, 0.1) is 0 Å². The van der Waals surface area contributed by atoms with E-state index in [0.717, 1.165) is 29.8 Å². The molecule has 0 aromatic heterocycles. The van der Waals surface area contributed by atoms with Crippen molar-refractivity contribution in [2.24, 2.45) is 0 Å². The van der Waals surface area contributed by atoms with E-state index in [1.54, 1.807) is 0 Å². The molecule has 2 aromatic rings. The Balaban J connectivity index is 1.61. The molecule has 3 rings (SSSR count). The molecule has 1 fully saturated rings. The number of nitrogens with one attached hydrogen (secondary N) is 1. The number of alkyl halides is 1. The molecule has 1 saturated heterocycles. The molecule has 1 unspecified atom stereocenters. The molecule has 2 aromatic carbocycles. The Morgan fingerprint density at radius 3 is 2.52 bits per heavy atom. The SMILES string of the molecule is F[C@@H]1CNCCC1c1ccc(OCc2ccccc2)cc1. The van der Waals surface area contributed by atoms with Crippen LogP contribution in [0.1, 0.15) is 23.5 Å². The van der Waals surface area contributed by atoms with Gasteiger partial charge >= 0.3 is 0 Å². The maximum atomic E-state index is 13.9. The monoisotopic (exact) mass is 285 g/mol. The van der Waals surface area contributed by atoms with Crippen molar-refractivity contribution in [1.29, 1.82) is 0 Å². The zero-order valence-corrected chi connectivity index (χ0v) is 12.0. The number of ether oxygens (including phenoxy) is 1. The highest BCUT2D eigenvalue weighted by molar-refractivity contribution is 5.31. The molecule has 0 aliphatic carbocycles. The second-order valence-corrected chi connectivity index (χ2v) is 5.46. The first-order chi connectivity index (χ1) is 10.3. The molecular formula is C18H20FNO. The van der Waals surface area contributed by atoms with Gasteiger partial charge in [0, 0.05) is 12.5 Å². The zero-order valence-electron chi connectivity index (χ0n) is 12.0. The minimum atomic E-state index is -0.796. The third-order valence-electron chi connectivity index (χ3n) is 3.96. The molecule has 0 bridgehead atoms. The van der Waals surface area contributed by atoms with Crippen molar-refractivity contribution in [3.8, 4) is 5.75 Å². The number of hydrogen-bond acceptors (Lipinski definition) is 2.